The van der Waals surface area contributed by atoms with E-state index in [2.05, 4.69) is 25.6 Å². The lowest BCUT2D eigenvalue weighted by molar-refractivity contribution is 0.373. The number of hydrogen-bond acceptors (Lipinski definition) is 6. The second-order valence-corrected chi connectivity index (χ2v) is 7.42. The minimum Gasteiger partial charge on any atom is -0.504 e. The fourth-order valence-electron chi connectivity index (χ4n) is 2.44. The zero-order chi connectivity index (χ0) is 19.6. The van der Waals surface area contributed by atoms with Gasteiger partial charge in [0.1, 0.15) is 5.52 Å². The standard InChI is InChI=1S/C19H21N5O2S/c1-19(2,3)24-18(27)23-16-10-20-13-7-6-12(21-17(13)22-16)11-5-8-14(25)15(9-11)26-4/h5-10,25H,1-4H3,(H2,21,22,23,24,27). The van der Waals surface area contributed by atoms with Crippen LogP contribution in [0.3, 0.4) is 0 Å². The molecule has 7 nitrogen and oxygen atoms in total. The zero-order valence-electron chi connectivity index (χ0n) is 15.6. The van der Waals surface area contributed by atoms with Crippen molar-refractivity contribution in [2.24, 2.45) is 0 Å². The van der Waals surface area contributed by atoms with Crippen LogP contribution in [0.15, 0.2) is 36.5 Å². The first kappa shape index (κ1) is 18.8. The largest absolute Gasteiger partial charge is 0.504 e. The molecule has 0 bridgehead atoms. The molecule has 2 heterocycles. The maximum absolute atomic E-state index is 9.76. The number of phenols is 1. The van der Waals surface area contributed by atoms with Crippen molar-refractivity contribution in [3.63, 3.8) is 0 Å². The number of hydrogen-bond donors (Lipinski definition) is 3. The first-order valence-corrected chi connectivity index (χ1v) is 8.76. The smallest absolute Gasteiger partial charge is 0.180 e. The summed E-state index contributed by atoms with van der Waals surface area (Å²) in [4.78, 5) is 13.5. The van der Waals surface area contributed by atoms with E-state index < -0.39 is 0 Å². The van der Waals surface area contributed by atoms with E-state index >= 15 is 0 Å². The third kappa shape index (κ3) is 4.59. The van der Waals surface area contributed by atoms with E-state index in [-0.39, 0.29) is 11.3 Å². The fraction of sp³-hybridized carbons (Fsp3) is 0.263. The molecule has 0 aliphatic carbocycles. The summed E-state index contributed by atoms with van der Waals surface area (Å²) >= 11 is 5.30. The van der Waals surface area contributed by atoms with E-state index in [0.717, 1.165) is 5.56 Å². The molecule has 140 valence electrons. The monoisotopic (exact) mass is 383 g/mol. The molecule has 0 unspecified atom stereocenters. The number of ether oxygens (including phenoxy) is 1. The van der Waals surface area contributed by atoms with Gasteiger partial charge in [0.05, 0.1) is 19.0 Å². The topological polar surface area (TPSA) is 92.2 Å². The van der Waals surface area contributed by atoms with Crippen molar-refractivity contribution in [1.29, 1.82) is 0 Å². The number of nitrogens with zero attached hydrogens (tertiary/aromatic N) is 3. The Balaban J connectivity index is 1.91. The molecule has 0 atom stereocenters. The maximum Gasteiger partial charge on any atom is 0.180 e. The summed E-state index contributed by atoms with van der Waals surface area (Å²) in [6.07, 6.45) is 1.61. The van der Waals surface area contributed by atoms with Crippen LogP contribution in [0.2, 0.25) is 0 Å². The van der Waals surface area contributed by atoms with Gasteiger partial charge in [0.25, 0.3) is 0 Å². The molecule has 0 aliphatic heterocycles. The third-order valence-corrected chi connectivity index (χ3v) is 3.82. The Bertz CT molecular complexity index is 1000. The van der Waals surface area contributed by atoms with Crippen molar-refractivity contribution in [2.45, 2.75) is 26.3 Å². The third-order valence-electron chi connectivity index (χ3n) is 3.61. The van der Waals surface area contributed by atoms with Gasteiger partial charge >= 0.3 is 0 Å². The number of phenolic OH excluding ortho intramolecular Hbond substituents is 1. The van der Waals surface area contributed by atoms with Crippen molar-refractivity contribution in [3.8, 4) is 22.8 Å². The number of pyridine rings is 1. The van der Waals surface area contributed by atoms with Crippen LogP contribution in [0.25, 0.3) is 22.4 Å². The molecule has 0 saturated heterocycles. The highest BCUT2D eigenvalue weighted by Crippen LogP contribution is 2.31. The zero-order valence-corrected chi connectivity index (χ0v) is 16.4. The molecule has 3 aromatic rings. The molecule has 0 amide bonds. The van der Waals surface area contributed by atoms with Gasteiger partial charge in [-0.05, 0) is 63.3 Å². The van der Waals surface area contributed by atoms with Gasteiger partial charge in [-0.15, -0.1) is 0 Å². The van der Waals surface area contributed by atoms with E-state index in [0.29, 0.717) is 33.5 Å². The molecule has 0 saturated carbocycles. The van der Waals surface area contributed by atoms with Crippen LogP contribution < -0.4 is 15.4 Å². The van der Waals surface area contributed by atoms with Crippen LogP contribution in [0.4, 0.5) is 5.82 Å². The summed E-state index contributed by atoms with van der Waals surface area (Å²) in [5.41, 5.74) is 2.50. The number of aromatic nitrogens is 3. The van der Waals surface area contributed by atoms with Gasteiger partial charge in [-0.25, -0.2) is 15.0 Å². The van der Waals surface area contributed by atoms with Gasteiger partial charge in [0.2, 0.25) is 0 Å². The molecule has 2 aromatic heterocycles. The van der Waals surface area contributed by atoms with E-state index in [1.807, 2.05) is 32.9 Å². The highest BCUT2D eigenvalue weighted by molar-refractivity contribution is 7.80. The maximum atomic E-state index is 9.76. The molecular weight excluding hydrogens is 362 g/mol. The molecule has 3 N–H and O–H groups in total. The van der Waals surface area contributed by atoms with Crippen LogP contribution in [0.1, 0.15) is 20.8 Å². The Labute approximate surface area is 162 Å². The second-order valence-electron chi connectivity index (χ2n) is 7.01. The van der Waals surface area contributed by atoms with Crippen LogP contribution in [-0.2, 0) is 0 Å². The number of benzene rings is 1. The molecular formula is C19H21N5O2S. The minimum absolute atomic E-state index is 0.0770. The lowest BCUT2D eigenvalue weighted by Crippen LogP contribution is -2.43. The fourth-order valence-corrected chi connectivity index (χ4v) is 2.85. The molecule has 0 aliphatic rings. The van der Waals surface area contributed by atoms with Gasteiger partial charge in [0, 0.05) is 11.1 Å². The summed E-state index contributed by atoms with van der Waals surface area (Å²) in [6, 6.07) is 8.76. The molecule has 0 radical (unpaired) electrons. The molecule has 3 rings (SSSR count). The minimum atomic E-state index is -0.155. The number of fused-ring (bicyclic) bond motifs is 1. The predicted molar refractivity (Wildman–Crippen MR) is 110 cm³/mol. The molecule has 27 heavy (non-hydrogen) atoms. The van der Waals surface area contributed by atoms with Gasteiger partial charge in [-0.3, -0.25) is 0 Å². The summed E-state index contributed by atoms with van der Waals surface area (Å²) in [6.45, 7) is 6.06. The Morgan fingerprint density at radius 2 is 1.93 bits per heavy atom. The van der Waals surface area contributed by atoms with Gasteiger partial charge in [-0.2, -0.15) is 0 Å². The Morgan fingerprint density at radius 1 is 1.15 bits per heavy atom. The van der Waals surface area contributed by atoms with E-state index in [1.165, 1.54) is 7.11 Å². The summed E-state index contributed by atoms with van der Waals surface area (Å²) < 4.78 is 5.16. The number of methoxy groups -OCH3 is 1. The number of aromatic hydroxyl groups is 1. The molecule has 0 spiro atoms. The number of anilines is 1. The van der Waals surface area contributed by atoms with Crippen molar-refractivity contribution < 1.29 is 9.84 Å². The first-order valence-electron chi connectivity index (χ1n) is 8.35. The molecule has 1 aromatic carbocycles. The quantitative estimate of drug-likeness (QED) is 0.592. The molecule has 8 heteroatoms. The van der Waals surface area contributed by atoms with Gasteiger partial charge in [0.15, 0.2) is 28.1 Å². The Morgan fingerprint density at radius 3 is 2.63 bits per heavy atom. The van der Waals surface area contributed by atoms with Crippen LogP contribution in [-0.4, -0.2) is 37.8 Å². The lowest BCUT2D eigenvalue weighted by atomic mass is 10.1. The Hall–Kier alpha value is -3.00. The van der Waals surface area contributed by atoms with Crippen molar-refractivity contribution >= 4 is 34.3 Å². The lowest BCUT2D eigenvalue weighted by Gasteiger charge is -2.22. The second kappa shape index (κ2) is 7.32. The number of nitrogens with one attached hydrogen (secondary N) is 2. The Kier molecular flexibility index (Phi) is 5.09. The van der Waals surface area contributed by atoms with Crippen molar-refractivity contribution in [1.82, 2.24) is 20.3 Å². The van der Waals surface area contributed by atoms with E-state index in [9.17, 15) is 5.11 Å². The van der Waals surface area contributed by atoms with Crippen molar-refractivity contribution in [3.05, 3.63) is 36.5 Å². The highest BCUT2D eigenvalue weighted by Gasteiger charge is 2.12. The number of rotatable bonds is 3. The van der Waals surface area contributed by atoms with Crippen molar-refractivity contribution in [2.75, 3.05) is 12.4 Å². The average molecular weight is 383 g/mol. The average Bonchev–Trinajstić information content (AvgIpc) is 2.60. The highest BCUT2D eigenvalue weighted by atomic mass is 32.1. The predicted octanol–water partition coefficient (Wildman–Crippen LogP) is 3.49. The summed E-state index contributed by atoms with van der Waals surface area (Å²) in [5.74, 6) is 0.972. The van der Waals surface area contributed by atoms with Gasteiger partial charge < -0.3 is 20.5 Å². The SMILES string of the molecule is COc1cc(-c2ccc3ncc(NC(=S)NC(C)(C)C)nc3n2)ccc1O. The molecule has 0 fully saturated rings. The van der Waals surface area contributed by atoms with Gasteiger partial charge in [-0.1, -0.05) is 0 Å². The van der Waals surface area contributed by atoms with Crippen LogP contribution in [0, 0.1) is 0 Å². The van der Waals surface area contributed by atoms with E-state index in [4.69, 9.17) is 17.0 Å². The summed E-state index contributed by atoms with van der Waals surface area (Å²) in [7, 11) is 1.50. The first-order chi connectivity index (χ1) is 12.7. The van der Waals surface area contributed by atoms with Crippen LogP contribution >= 0.6 is 12.2 Å². The normalized spacial score (nSPS) is 11.3. The van der Waals surface area contributed by atoms with E-state index in [1.54, 1.807) is 24.4 Å². The number of thiocarbonyl (C=S) groups is 1. The van der Waals surface area contributed by atoms with Crippen LogP contribution in [0.5, 0.6) is 11.5 Å². The summed E-state index contributed by atoms with van der Waals surface area (Å²) in [5, 5.41) is 16.4.